The molecule has 1 aromatic carbocycles. The van der Waals surface area contributed by atoms with Crippen molar-refractivity contribution >= 4 is 17.7 Å². The summed E-state index contributed by atoms with van der Waals surface area (Å²) < 4.78 is 5.31. The van der Waals surface area contributed by atoms with E-state index in [1.807, 2.05) is 6.92 Å². The van der Waals surface area contributed by atoms with E-state index >= 15 is 0 Å². The highest BCUT2D eigenvalue weighted by atomic mass is 32.2. The summed E-state index contributed by atoms with van der Waals surface area (Å²) in [5.41, 5.74) is 4.74. The van der Waals surface area contributed by atoms with Crippen molar-refractivity contribution in [2.45, 2.75) is 32.2 Å². The van der Waals surface area contributed by atoms with Crippen LogP contribution >= 0.6 is 11.8 Å². The van der Waals surface area contributed by atoms with Crippen LogP contribution in [-0.2, 0) is 11.2 Å². The Morgan fingerprint density at radius 1 is 1.40 bits per heavy atom. The maximum atomic E-state index is 11.4. The second kappa shape index (κ2) is 8.06. The normalized spacial score (nSPS) is 12.5. The number of thioether (sulfide) groups is 1. The minimum absolute atomic E-state index is 0.187. The maximum absolute atomic E-state index is 11.4. The van der Waals surface area contributed by atoms with Gasteiger partial charge in [0, 0.05) is 5.75 Å². The molecule has 1 rings (SSSR count). The average Bonchev–Trinajstić information content (AvgIpc) is 2.43. The number of unbranched alkanes of at least 4 members (excludes halogenated alkanes) is 1. The molecule has 20 heavy (non-hydrogen) atoms. The second-order valence-electron chi connectivity index (χ2n) is 4.44. The Balaban J connectivity index is 2.40. The zero-order valence-corrected chi connectivity index (χ0v) is 12.2. The van der Waals surface area contributed by atoms with Crippen molar-refractivity contribution in [1.82, 2.24) is 0 Å². The van der Waals surface area contributed by atoms with Gasteiger partial charge in [-0.05, 0) is 18.6 Å². The first-order valence-corrected chi connectivity index (χ1v) is 7.65. The van der Waals surface area contributed by atoms with Crippen LogP contribution in [-0.4, -0.2) is 35.2 Å². The minimum Gasteiger partial charge on any atom is -0.489 e. The fourth-order valence-corrected chi connectivity index (χ4v) is 2.48. The summed E-state index contributed by atoms with van der Waals surface area (Å²) in [4.78, 5) is 33.3. The number of rotatable bonds is 10. The summed E-state index contributed by atoms with van der Waals surface area (Å²) in [6, 6.07) is -0.909. The van der Waals surface area contributed by atoms with Crippen molar-refractivity contribution in [3.05, 3.63) is 26.0 Å². The molecule has 1 atom stereocenters. The Bertz CT molecular complexity index is 521. The van der Waals surface area contributed by atoms with Gasteiger partial charge in [0.2, 0.25) is 5.43 Å². The Labute approximate surface area is 121 Å². The van der Waals surface area contributed by atoms with Crippen molar-refractivity contribution in [2.75, 3.05) is 18.1 Å². The molecular formula is C13H19NO5S. The van der Waals surface area contributed by atoms with E-state index in [0.29, 0.717) is 24.3 Å². The van der Waals surface area contributed by atoms with Gasteiger partial charge in [0.05, 0.1) is 12.2 Å². The molecule has 1 aromatic rings. The monoisotopic (exact) mass is 301 g/mol. The van der Waals surface area contributed by atoms with Crippen molar-refractivity contribution in [3.63, 3.8) is 0 Å². The predicted octanol–water partition coefficient (Wildman–Crippen LogP) is 0.149. The van der Waals surface area contributed by atoms with E-state index in [1.54, 1.807) is 0 Å². The lowest BCUT2D eigenvalue weighted by atomic mass is 10.1. The summed E-state index contributed by atoms with van der Waals surface area (Å²) in [7, 11) is 0. The van der Waals surface area contributed by atoms with Gasteiger partial charge in [-0.1, -0.05) is 13.3 Å². The lowest BCUT2D eigenvalue weighted by Gasteiger charge is -2.12. The number of aliphatic carboxylic acids is 1. The molecule has 0 aliphatic rings. The van der Waals surface area contributed by atoms with Crippen molar-refractivity contribution in [2.24, 2.45) is 5.73 Å². The molecule has 0 saturated carbocycles. The van der Waals surface area contributed by atoms with Crippen LogP contribution < -0.4 is 21.3 Å². The second-order valence-corrected chi connectivity index (χ2v) is 5.59. The van der Waals surface area contributed by atoms with Gasteiger partial charge in [-0.2, -0.15) is 11.8 Å². The fourth-order valence-electron chi connectivity index (χ4n) is 1.57. The number of ether oxygens (including phenoxy) is 1. The van der Waals surface area contributed by atoms with Crippen molar-refractivity contribution in [1.29, 1.82) is 0 Å². The van der Waals surface area contributed by atoms with Gasteiger partial charge in [-0.3, -0.25) is 14.4 Å². The Kier molecular flexibility index (Phi) is 6.74. The van der Waals surface area contributed by atoms with Crippen LogP contribution in [0.3, 0.4) is 0 Å². The Hall–Kier alpha value is -1.34. The standard InChI is InChI=1S/C13H19NO5S/c1-2-3-5-19-12-8(10(15)11(12)16)4-6-20-7-9(14)13(17)18/h9H,2-7,14H2,1H3,(H,17,18)/t9-/m0/s1. The summed E-state index contributed by atoms with van der Waals surface area (Å²) in [6.45, 7) is 2.44. The Morgan fingerprint density at radius 3 is 2.70 bits per heavy atom. The molecule has 0 unspecified atom stereocenters. The van der Waals surface area contributed by atoms with Crippen LogP contribution in [0.1, 0.15) is 25.3 Å². The van der Waals surface area contributed by atoms with Crippen LogP contribution in [0, 0.1) is 0 Å². The molecule has 0 bridgehead atoms. The average molecular weight is 301 g/mol. The maximum Gasteiger partial charge on any atom is 0.321 e. The molecule has 0 aromatic heterocycles. The smallest absolute Gasteiger partial charge is 0.321 e. The summed E-state index contributed by atoms with van der Waals surface area (Å²) in [5.74, 6) is -0.0472. The molecule has 0 saturated heterocycles. The fraction of sp³-hybridized carbons (Fsp3) is 0.615. The van der Waals surface area contributed by atoms with Gasteiger partial charge < -0.3 is 15.6 Å². The first-order valence-electron chi connectivity index (χ1n) is 6.50. The van der Waals surface area contributed by atoms with Crippen LogP contribution in [0.15, 0.2) is 9.59 Å². The zero-order valence-electron chi connectivity index (χ0n) is 11.4. The van der Waals surface area contributed by atoms with E-state index in [-0.39, 0.29) is 11.5 Å². The molecule has 0 amide bonds. The first-order chi connectivity index (χ1) is 9.49. The summed E-state index contributed by atoms with van der Waals surface area (Å²) in [6.07, 6.45) is 2.19. The van der Waals surface area contributed by atoms with Crippen LogP contribution in [0.25, 0.3) is 0 Å². The molecule has 112 valence electrons. The summed E-state index contributed by atoms with van der Waals surface area (Å²) in [5, 5.41) is 8.62. The molecular weight excluding hydrogens is 282 g/mol. The third-order valence-electron chi connectivity index (χ3n) is 2.82. The zero-order chi connectivity index (χ0) is 15.1. The van der Waals surface area contributed by atoms with Gasteiger partial charge in [-0.25, -0.2) is 0 Å². The van der Waals surface area contributed by atoms with E-state index in [0.717, 1.165) is 12.8 Å². The molecule has 0 aliphatic heterocycles. The Morgan fingerprint density at radius 2 is 2.10 bits per heavy atom. The number of hydrogen-bond donors (Lipinski definition) is 2. The largest absolute Gasteiger partial charge is 0.489 e. The number of carboxylic acids is 1. The van der Waals surface area contributed by atoms with Gasteiger partial charge in [-0.15, -0.1) is 0 Å². The van der Waals surface area contributed by atoms with Crippen LogP contribution in [0.4, 0.5) is 0 Å². The number of nitrogens with two attached hydrogens (primary N) is 1. The van der Waals surface area contributed by atoms with E-state index in [4.69, 9.17) is 15.6 Å². The molecule has 7 heteroatoms. The van der Waals surface area contributed by atoms with Crippen LogP contribution in [0.2, 0.25) is 0 Å². The highest BCUT2D eigenvalue weighted by Gasteiger charge is 2.22. The van der Waals surface area contributed by atoms with E-state index in [9.17, 15) is 14.4 Å². The van der Waals surface area contributed by atoms with Gasteiger partial charge in [0.1, 0.15) is 6.04 Å². The number of carbonyl (C=O) groups is 1. The molecule has 0 aliphatic carbocycles. The van der Waals surface area contributed by atoms with E-state index in [2.05, 4.69) is 0 Å². The van der Waals surface area contributed by atoms with Gasteiger partial charge in [0.25, 0.3) is 5.43 Å². The third kappa shape index (κ3) is 4.35. The minimum atomic E-state index is -1.05. The highest BCUT2D eigenvalue weighted by Crippen LogP contribution is 2.15. The lowest BCUT2D eigenvalue weighted by molar-refractivity contribution is -0.137. The predicted molar refractivity (Wildman–Crippen MR) is 78.4 cm³/mol. The number of carboxylic acid groups (broad SMARTS) is 1. The molecule has 3 N–H and O–H groups in total. The summed E-state index contributed by atoms with van der Waals surface area (Å²) >= 11 is 1.34. The van der Waals surface area contributed by atoms with E-state index < -0.39 is 22.9 Å². The molecule has 0 heterocycles. The van der Waals surface area contributed by atoms with Crippen LogP contribution in [0.5, 0.6) is 5.75 Å². The van der Waals surface area contributed by atoms with Gasteiger partial charge in [0.15, 0.2) is 5.75 Å². The number of hydrogen-bond acceptors (Lipinski definition) is 6. The van der Waals surface area contributed by atoms with Crippen molar-refractivity contribution < 1.29 is 14.6 Å². The SMILES string of the molecule is CCCCOc1c(CCSC[C@H](N)C(=O)O)c(=O)c1=O. The van der Waals surface area contributed by atoms with Gasteiger partial charge >= 0.3 is 5.97 Å². The lowest BCUT2D eigenvalue weighted by Crippen LogP contribution is -2.37. The van der Waals surface area contributed by atoms with E-state index in [1.165, 1.54) is 11.8 Å². The van der Waals surface area contributed by atoms with Crippen molar-refractivity contribution in [3.8, 4) is 5.75 Å². The molecule has 0 spiro atoms. The quantitative estimate of drug-likeness (QED) is 0.468. The highest BCUT2D eigenvalue weighted by molar-refractivity contribution is 7.99. The molecule has 0 fully saturated rings. The molecule has 0 radical (unpaired) electrons. The third-order valence-corrected chi connectivity index (χ3v) is 3.90. The topological polar surface area (TPSA) is 107 Å². The first kappa shape index (κ1) is 16.7. The molecule has 6 nitrogen and oxygen atoms in total.